The number of nitrogens with zero attached hydrogens (tertiary/aromatic N) is 2. The fraction of sp³-hybridized carbons (Fsp3) is 0.222. The van der Waals surface area contributed by atoms with Crippen molar-refractivity contribution in [2.45, 2.75) is 25.9 Å². The van der Waals surface area contributed by atoms with E-state index in [0.29, 0.717) is 5.82 Å². The topological polar surface area (TPSA) is 94.3 Å². The fourth-order valence-electron chi connectivity index (χ4n) is 2.23. The summed E-state index contributed by atoms with van der Waals surface area (Å²) in [4.78, 5) is 28.1. The highest BCUT2D eigenvalue weighted by Gasteiger charge is 2.21. The van der Waals surface area contributed by atoms with Crippen molar-refractivity contribution >= 4 is 28.9 Å². The van der Waals surface area contributed by atoms with Crippen molar-refractivity contribution in [1.82, 2.24) is 10.1 Å². The molecule has 28 heavy (non-hydrogen) atoms. The Kier molecular flexibility index (Phi) is 6.09. The van der Waals surface area contributed by atoms with Crippen LogP contribution in [0.25, 0.3) is 11.4 Å². The fourth-order valence-corrected chi connectivity index (χ4v) is 2.86. The summed E-state index contributed by atoms with van der Waals surface area (Å²) >= 11 is 1.49. The predicted octanol–water partition coefficient (Wildman–Crippen LogP) is 3.58. The highest BCUT2D eigenvalue weighted by molar-refractivity contribution is 7.08. The lowest BCUT2D eigenvalue weighted by Gasteiger charge is -2.14. The van der Waals surface area contributed by atoms with Gasteiger partial charge in [0.1, 0.15) is 17.3 Å². The van der Waals surface area contributed by atoms with E-state index in [-0.39, 0.29) is 18.7 Å². The molecule has 146 valence electrons. The van der Waals surface area contributed by atoms with Gasteiger partial charge in [0, 0.05) is 17.4 Å². The Labute approximate surface area is 162 Å². The molecule has 0 aliphatic rings. The molecule has 10 heteroatoms. The monoisotopic (exact) mass is 407 g/mol. The number of carbonyl (C=O) groups excluding carboxylic acids is 2. The minimum absolute atomic E-state index is 0.100. The number of thiophene rings is 1. The van der Waals surface area contributed by atoms with Crippen LogP contribution in [0.15, 0.2) is 39.5 Å². The maximum atomic E-state index is 13.6. The van der Waals surface area contributed by atoms with E-state index < -0.39 is 35.3 Å². The van der Waals surface area contributed by atoms with Gasteiger partial charge in [-0.05, 0) is 30.5 Å². The summed E-state index contributed by atoms with van der Waals surface area (Å²) in [7, 11) is 0. The second-order valence-corrected chi connectivity index (χ2v) is 6.52. The van der Waals surface area contributed by atoms with Gasteiger partial charge in [-0.25, -0.2) is 8.78 Å². The molecule has 0 aliphatic carbocycles. The molecule has 3 aromatic rings. The number of anilines is 1. The molecule has 0 aliphatic heterocycles. The highest BCUT2D eigenvalue weighted by atomic mass is 32.1. The first-order chi connectivity index (χ1) is 13.4. The van der Waals surface area contributed by atoms with Crippen molar-refractivity contribution in [1.29, 1.82) is 0 Å². The quantitative estimate of drug-likeness (QED) is 0.602. The molecular weight excluding hydrogens is 392 g/mol. The van der Waals surface area contributed by atoms with Gasteiger partial charge in [-0.1, -0.05) is 11.2 Å². The number of benzene rings is 1. The normalized spacial score (nSPS) is 11.8. The molecule has 1 amide bonds. The Hall–Kier alpha value is -3.14. The number of nitrogens with one attached hydrogen (secondary N) is 1. The summed E-state index contributed by atoms with van der Waals surface area (Å²) in [6.45, 7) is 1.30. The Bertz CT molecular complexity index is 955. The molecule has 1 atom stereocenters. The molecule has 3 rings (SSSR count). The van der Waals surface area contributed by atoms with Crippen LogP contribution in [0.5, 0.6) is 0 Å². The van der Waals surface area contributed by atoms with E-state index >= 15 is 0 Å². The summed E-state index contributed by atoms with van der Waals surface area (Å²) in [5, 5.41) is 9.63. The maximum absolute atomic E-state index is 13.6. The van der Waals surface area contributed by atoms with Crippen molar-refractivity contribution in [2.24, 2.45) is 0 Å². The van der Waals surface area contributed by atoms with Crippen LogP contribution in [-0.2, 0) is 20.7 Å². The van der Waals surface area contributed by atoms with Crippen LogP contribution < -0.4 is 5.32 Å². The molecule has 1 N–H and O–H groups in total. The average Bonchev–Trinajstić information content (AvgIpc) is 3.34. The van der Waals surface area contributed by atoms with Gasteiger partial charge in [0.25, 0.3) is 5.91 Å². The molecule has 0 saturated heterocycles. The summed E-state index contributed by atoms with van der Waals surface area (Å²) < 4.78 is 37.2. The van der Waals surface area contributed by atoms with E-state index in [9.17, 15) is 18.4 Å². The number of halogens is 2. The smallest absolute Gasteiger partial charge is 0.307 e. The number of aryl methyl sites for hydroxylation is 1. The van der Waals surface area contributed by atoms with Gasteiger partial charge >= 0.3 is 5.97 Å². The third-order valence-electron chi connectivity index (χ3n) is 3.68. The van der Waals surface area contributed by atoms with Gasteiger partial charge in [0.15, 0.2) is 6.10 Å². The van der Waals surface area contributed by atoms with Crippen molar-refractivity contribution in [3.8, 4) is 11.4 Å². The van der Waals surface area contributed by atoms with Crippen LogP contribution in [-0.4, -0.2) is 28.1 Å². The molecule has 2 aromatic heterocycles. The van der Waals surface area contributed by atoms with Gasteiger partial charge in [0.2, 0.25) is 11.7 Å². The average molecular weight is 407 g/mol. The molecule has 0 spiro atoms. The standard InChI is InChI=1S/C18H15F2N3O4S/c1-10(18(25)22-16-12(19)3-2-4-13(16)20)26-15(24)6-5-14-21-17(23-27-14)11-7-8-28-9-11/h2-4,7-10H,5-6H2,1H3,(H,22,25)/t10-/m0/s1. The van der Waals surface area contributed by atoms with E-state index in [4.69, 9.17) is 9.26 Å². The third-order valence-corrected chi connectivity index (χ3v) is 4.36. The van der Waals surface area contributed by atoms with Gasteiger partial charge < -0.3 is 14.6 Å². The van der Waals surface area contributed by atoms with Crippen molar-refractivity contribution in [2.75, 3.05) is 5.32 Å². The number of esters is 1. The van der Waals surface area contributed by atoms with Crippen LogP contribution in [0.3, 0.4) is 0 Å². The first-order valence-corrected chi connectivity index (χ1v) is 9.18. The zero-order valence-corrected chi connectivity index (χ0v) is 15.5. The minimum Gasteiger partial charge on any atom is -0.453 e. The SMILES string of the molecule is C[C@H](OC(=O)CCc1nc(-c2ccsc2)no1)C(=O)Nc1c(F)cccc1F. The van der Waals surface area contributed by atoms with E-state index in [1.807, 2.05) is 16.8 Å². The second kappa shape index (κ2) is 8.70. The molecule has 2 heterocycles. The van der Waals surface area contributed by atoms with Gasteiger partial charge in [0.05, 0.1) is 6.42 Å². The number of para-hydroxylation sites is 1. The Morgan fingerprint density at radius 2 is 2.04 bits per heavy atom. The molecule has 0 radical (unpaired) electrons. The summed E-state index contributed by atoms with van der Waals surface area (Å²) in [6, 6.07) is 5.02. The molecule has 0 fully saturated rings. The number of rotatable bonds is 7. The lowest BCUT2D eigenvalue weighted by Crippen LogP contribution is -2.30. The highest BCUT2D eigenvalue weighted by Crippen LogP contribution is 2.20. The summed E-state index contributed by atoms with van der Waals surface area (Å²) in [5.74, 6) is -2.72. The molecule has 0 unspecified atom stereocenters. The number of aromatic nitrogens is 2. The first kappa shape index (κ1) is 19.6. The third kappa shape index (κ3) is 4.77. The Balaban J connectivity index is 1.49. The zero-order valence-electron chi connectivity index (χ0n) is 14.6. The number of ether oxygens (including phenoxy) is 1. The van der Waals surface area contributed by atoms with Crippen LogP contribution >= 0.6 is 11.3 Å². The van der Waals surface area contributed by atoms with Crippen molar-refractivity contribution in [3.05, 3.63) is 52.6 Å². The number of carbonyl (C=O) groups is 2. The molecule has 0 bridgehead atoms. The van der Waals surface area contributed by atoms with E-state index in [1.54, 1.807) is 0 Å². The minimum atomic E-state index is -1.24. The Morgan fingerprint density at radius 3 is 2.71 bits per heavy atom. The van der Waals surface area contributed by atoms with Crippen LogP contribution in [0, 0.1) is 11.6 Å². The van der Waals surface area contributed by atoms with Gasteiger partial charge in [-0.15, -0.1) is 0 Å². The summed E-state index contributed by atoms with van der Waals surface area (Å²) in [5.41, 5.74) is 0.218. The van der Waals surface area contributed by atoms with Crippen LogP contribution in [0.1, 0.15) is 19.2 Å². The van der Waals surface area contributed by atoms with Crippen molar-refractivity contribution in [3.63, 3.8) is 0 Å². The van der Waals surface area contributed by atoms with Gasteiger partial charge in [-0.3, -0.25) is 9.59 Å². The number of hydrogen-bond acceptors (Lipinski definition) is 7. The number of amides is 1. The second-order valence-electron chi connectivity index (χ2n) is 5.74. The molecular formula is C18H15F2N3O4S. The molecule has 1 aromatic carbocycles. The van der Waals surface area contributed by atoms with E-state index in [0.717, 1.165) is 17.7 Å². The largest absolute Gasteiger partial charge is 0.453 e. The lowest BCUT2D eigenvalue weighted by molar-refractivity contribution is -0.153. The lowest BCUT2D eigenvalue weighted by atomic mass is 10.2. The Morgan fingerprint density at radius 1 is 1.29 bits per heavy atom. The predicted molar refractivity (Wildman–Crippen MR) is 96.5 cm³/mol. The maximum Gasteiger partial charge on any atom is 0.307 e. The molecule has 7 nitrogen and oxygen atoms in total. The first-order valence-electron chi connectivity index (χ1n) is 8.23. The van der Waals surface area contributed by atoms with Crippen molar-refractivity contribution < 1.29 is 27.6 Å². The van der Waals surface area contributed by atoms with Gasteiger partial charge in [-0.2, -0.15) is 16.3 Å². The zero-order chi connectivity index (χ0) is 20.1. The van der Waals surface area contributed by atoms with Crippen LogP contribution in [0.2, 0.25) is 0 Å². The van der Waals surface area contributed by atoms with E-state index in [1.165, 1.54) is 24.3 Å². The molecule has 0 saturated carbocycles. The summed E-state index contributed by atoms with van der Waals surface area (Å²) in [6.07, 6.45) is -1.21. The van der Waals surface area contributed by atoms with E-state index in [2.05, 4.69) is 15.5 Å². The van der Waals surface area contributed by atoms with Crippen LogP contribution in [0.4, 0.5) is 14.5 Å². The number of hydrogen-bond donors (Lipinski definition) is 1.